The second kappa shape index (κ2) is 7.21. The molecule has 2 rings (SSSR count). The van der Waals surface area contributed by atoms with E-state index >= 15 is 0 Å². The van der Waals surface area contributed by atoms with Crippen molar-refractivity contribution < 1.29 is 4.79 Å². The molecule has 0 aliphatic heterocycles. The average molecular weight is 341 g/mol. The highest BCUT2D eigenvalue weighted by molar-refractivity contribution is 7.80. The molecule has 0 saturated carbocycles. The summed E-state index contributed by atoms with van der Waals surface area (Å²) in [5.41, 5.74) is 6.17. The molecule has 1 amide bonds. The zero-order chi connectivity index (χ0) is 15.2. The molecule has 0 aliphatic carbocycles. The Morgan fingerprint density at radius 3 is 2.43 bits per heavy atom. The van der Waals surface area contributed by atoms with Crippen LogP contribution in [0.25, 0.3) is 0 Å². The predicted octanol–water partition coefficient (Wildman–Crippen LogP) is 3.02. The van der Waals surface area contributed by atoms with Crippen molar-refractivity contribution in [3.05, 3.63) is 58.3 Å². The smallest absolute Gasteiger partial charge is 0.269 e. The Balaban J connectivity index is 1.87. The number of nitrogens with zero attached hydrogens (tertiary/aromatic N) is 1. The summed E-state index contributed by atoms with van der Waals surface area (Å²) < 4.78 is 0. The van der Waals surface area contributed by atoms with E-state index in [1.54, 1.807) is 30.3 Å². The summed E-state index contributed by atoms with van der Waals surface area (Å²) in [6.07, 6.45) is 3.06. The summed E-state index contributed by atoms with van der Waals surface area (Å²) in [7, 11) is 0. The predicted molar refractivity (Wildman–Crippen MR) is 87.5 cm³/mol. The van der Waals surface area contributed by atoms with E-state index in [-0.39, 0.29) is 11.0 Å². The van der Waals surface area contributed by atoms with Crippen molar-refractivity contribution in [2.24, 2.45) is 0 Å². The SMILES string of the molecule is O=C(NNC(=S)Nc1ccc(Cl)c(Cl)c1)c1ccncc1. The van der Waals surface area contributed by atoms with Crippen LogP contribution < -0.4 is 16.2 Å². The second-order valence-corrected chi connectivity index (χ2v) is 5.12. The number of anilines is 1. The maximum atomic E-state index is 11.8. The summed E-state index contributed by atoms with van der Waals surface area (Å²) in [4.78, 5) is 15.6. The van der Waals surface area contributed by atoms with Gasteiger partial charge in [0.05, 0.1) is 10.0 Å². The minimum atomic E-state index is -0.323. The molecule has 0 fully saturated rings. The van der Waals surface area contributed by atoms with Crippen LogP contribution in [0.1, 0.15) is 10.4 Å². The van der Waals surface area contributed by atoms with Crippen LogP contribution >= 0.6 is 35.4 Å². The minimum Gasteiger partial charge on any atom is -0.331 e. The van der Waals surface area contributed by atoms with Gasteiger partial charge in [0.1, 0.15) is 0 Å². The Morgan fingerprint density at radius 1 is 1.05 bits per heavy atom. The molecule has 1 aromatic carbocycles. The highest BCUT2D eigenvalue weighted by Gasteiger charge is 2.05. The number of rotatable bonds is 2. The molecule has 0 aliphatic rings. The zero-order valence-electron chi connectivity index (χ0n) is 10.6. The van der Waals surface area contributed by atoms with Gasteiger partial charge in [-0.25, -0.2) is 0 Å². The number of nitrogens with one attached hydrogen (secondary N) is 3. The van der Waals surface area contributed by atoms with Crippen molar-refractivity contribution in [3.8, 4) is 0 Å². The van der Waals surface area contributed by atoms with Crippen LogP contribution in [0.5, 0.6) is 0 Å². The van der Waals surface area contributed by atoms with Crippen LogP contribution in [0.4, 0.5) is 5.69 Å². The van der Waals surface area contributed by atoms with Crippen molar-refractivity contribution in [2.45, 2.75) is 0 Å². The van der Waals surface area contributed by atoms with Crippen molar-refractivity contribution in [1.29, 1.82) is 0 Å². The molecule has 3 N–H and O–H groups in total. The lowest BCUT2D eigenvalue weighted by Crippen LogP contribution is -2.43. The van der Waals surface area contributed by atoms with E-state index in [9.17, 15) is 4.79 Å². The molecule has 0 atom stereocenters. The first-order chi connectivity index (χ1) is 10.1. The second-order valence-electron chi connectivity index (χ2n) is 3.90. The number of carbonyl (C=O) groups is 1. The van der Waals surface area contributed by atoms with E-state index in [1.807, 2.05) is 0 Å². The van der Waals surface area contributed by atoms with E-state index in [4.69, 9.17) is 35.4 Å². The van der Waals surface area contributed by atoms with Crippen LogP contribution in [0.3, 0.4) is 0 Å². The van der Waals surface area contributed by atoms with Crippen LogP contribution in [-0.2, 0) is 0 Å². The van der Waals surface area contributed by atoms with Gasteiger partial charge in [0, 0.05) is 23.6 Å². The minimum absolute atomic E-state index is 0.218. The molecule has 0 radical (unpaired) electrons. The van der Waals surface area contributed by atoms with Crippen molar-refractivity contribution in [2.75, 3.05) is 5.32 Å². The molecule has 0 unspecified atom stereocenters. The van der Waals surface area contributed by atoms with Gasteiger partial charge in [-0.2, -0.15) is 0 Å². The Morgan fingerprint density at radius 2 is 1.76 bits per heavy atom. The van der Waals surface area contributed by atoms with Crippen LogP contribution in [0, 0.1) is 0 Å². The van der Waals surface area contributed by atoms with Gasteiger partial charge in [0.15, 0.2) is 5.11 Å². The molecule has 0 bridgehead atoms. The maximum absolute atomic E-state index is 11.8. The monoisotopic (exact) mass is 340 g/mol. The number of pyridine rings is 1. The Kier molecular flexibility index (Phi) is 5.32. The van der Waals surface area contributed by atoms with Crippen molar-refractivity contribution in [3.63, 3.8) is 0 Å². The third kappa shape index (κ3) is 4.56. The molecular formula is C13H10Cl2N4OS. The van der Waals surface area contributed by atoms with Gasteiger partial charge in [-0.1, -0.05) is 23.2 Å². The molecule has 0 saturated heterocycles. The number of hydrogen-bond acceptors (Lipinski definition) is 3. The third-order valence-corrected chi connectivity index (χ3v) is 3.35. The lowest BCUT2D eigenvalue weighted by molar-refractivity contribution is 0.0944. The van der Waals surface area contributed by atoms with E-state index in [0.29, 0.717) is 21.3 Å². The van der Waals surface area contributed by atoms with E-state index in [0.717, 1.165) is 0 Å². The Hall–Kier alpha value is -1.89. The molecule has 1 aromatic heterocycles. The van der Waals surface area contributed by atoms with Gasteiger partial charge in [0.25, 0.3) is 5.91 Å². The van der Waals surface area contributed by atoms with E-state index in [2.05, 4.69) is 21.2 Å². The highest BCUT2D eigenvalue weighted by Crippen LogP contribution is 2.24. The molecular weight excluding hydrogens is 331 g/mol. The van der Waals surface area contributed by atoms with Gasteiger partial charge >= 0.3 is 0 Å². The molecule has 5 nitrogen and oxygen atoms in total. The molecule has 21 heavy (non-hydrogen) atoms. The first-order valence-corrected chi connectivity index (χ1v) is 6.95. The number of thiocarbonyl (C=S) groups is 1. The summed E-state index contributed by atoms with van der Waals surface area (Å²) >= 11 is 16.8. The number of amides is 1. The largest absolute Gasteiger partial charge is 0.331 e. The highest BCUT2D eigenvalue weighted by atomic mass is 35.5. The number of carbonyl (C=O) groups excluding carboxylic acids is 1. The van der Waals surface area contributed by atoms with Crippen LogP contribution in [0.15, 0.2) is 42.7 Å². The summed E-state index contributed by atoms with van der Waals surface area (Å²) in [6, 6.07) is 8.17. The van der Waals surface area contributed by atoms with Crippen LogP contribution in [-0.4, -0.2) is 16.0 Å². The average Bonchev–Trinajstić information content (AvgIpc) is 2.49. The van der Waals surface area contributed by atoms with Crippen LogP contribution in [0.2, 0.25) is 10.0 Å². The number of aromatic nitrogens is 1. The lowest BCUT2D eigenvalue weighted by Gasteiger charge is -2.12. The first kappa shape index (κ1) is 15.5. The Bertz CT molecular complexity index is 666. The van der Waals surface area contributed by atoms with E-state index < -0.39 is 0 Å². The number of hydrogen-bond donors (Lipinski definition) is 3. The standard InChI is InChI=1S/C13H10Cl2N4OS/c14-10-2-1-9(7-11(10)15)17-13(21)19-18-12(20)8-3-5-16-6-4-8/h1-7H,(H,18,20)(H2,17,19,21). The topological polar surface area (TPSA) is 66.1 Å². The quantitative estimate of drug-likeness (QED) is 0.579. The van der Waals surface area contributed by atoms with Crippen molar-refractivity contribution >= 4 is 52.1 Å². The van der Waals surface area contributed by atoms with Gasteiger partial charge in [-0.15, -0.1) is 0 Å². The maximum Gasteiger partial charge on any atom is 0.269 e. The fourth-order valence-electron chi connectivity index (χ4n) is 1.43. The number of benzene rings is 1. The summed E-state index contributed by atoms with van der Waals surface area (Å²) in [5, 5.41) is 3.94. The third-order valence-electron chi connectivity index (χ3n) is 2.41. The fourth-order valence-corrected chi connectivity index (χ4v) is 1.89. The normalized spacial score (nSPS) is 9.81. The Labute approximate surface area is 136 Å². The van der Waals surface area contributed by atoms with Gasteiger partial charge < -0.3 is 5.32 Å². The fraction of sp³-hybridized carbons (Fsp3) is 0. The van der Waals surface area contributed by atoms with Crippen molar-refractivity contribution in [1.82, 2.24) is 15.8 Å². The summed E-state index contributed by atoms with van der Waals surface area (Å²) in [5.74, 6) is -0.323. The first-order valence-electron chi connectivity index (χ1n) is 5.78. The van der Waals surface area contributed by atoms with Gasteiger partial charge in [0.2, 0.25) is 0 Å². The summed E-state index contributed by atoms with van der Waals surface area (Å²) in [6.45, 7) is 0. The van der Waals surface area contributed by atoms with Gasteiger partial charge in [-0.05, 0) is 42.5 Å². The molecule has 0 spiro atoms. The van der Waals surface area contributed by atoms with E-state index in [1.165, 1.54) is 12.4 Å². The molecule has 108 valence electrons. The molecule has 2 aromatic rings. The zero-order valence-corrected chi connectivity index (χ0v) is 12.9. The molecule has 8 heteroatoms. The van der Waals surface area contributed by atoms with Gasteiger partial charge in [-0.3, -0.25) is 20.6 Å². The number of hydrazine groups is 1. The number of halogens is 2. The lowest BCUT2D eigenvalue weighted by atomic mass is 10.3. The molecule has 1 heterocycles.